The van der Waals surface area contributed by atoms with Gasteiger partial charge < -0.3 is 9.47 Å². The van der Waals surface area contributed by atoms with Crippen molar-refractivity contribution in [3.63, 3.8) is 0 Å². The molecule has 1 aromatic carbocycles. The van der Waals surface area contributed by atoms with Gasteiger partial charge in [0, 0.05) is 10.8 Å². The third-order valence-corrected chi connectivity index (χ3v) is 7.59. The smallest absolute Gasteiger partial charge is 0.353 e. The van der Waals surface area contributed by atoms with Crippen molar-refractivity contribution in [2.75, 3.05) is 0 Å². The SMILES string of the molecule is O=C(Oc1c2ccsc2c(OC(=O)c2cccs2)c2ccsc12)c1cccs1. The molecule has 0 aliphatic heterocycles. The zero-order valence-corrected chi connectivity index (χ0v) is 17.3. The molecule has 0 aliphatic rings. The average Bonchev–Trinajstić information content (AvgIpc) is 3.50. The number of hydrogen-bond donors (Lipinski definition) is 0. The van der Waals surface area contributed by atoms with Gasteiger partial charge in [-0.15, -0.1) is 45.3 Å². The maximum absolute atomic E-state index is 12.5. The van der Waals surface area contributed by atoms with Gasteiger partial charge in [-0.2, -0.15) is 0 Å². The van der Waals surface area contributed by atoms with Crippen LogP contribution in [0.25, 0.3) is 20.2 Å². The molecule has 0 amide bonds. The number of fused-ring (bicyclic) bond motifs is 2. The standard InChI is InChI=1S/C20H10O4S4/c21-19(13-3-1-7-25-13)23-15-11-5-9-28-18(11)16(12-6-10-27-17(12)15)24-20(22)14-4-2-8-26-14/h1-10H. The van der Waals surface area contributed by atoms with E-state index < -0.39 is 0 Å². The van der Waals surface area contributed by atoms with Gasteiger partial charge in [-0.25, -0.2) is 9.59 Å². The Morgan fingerprint density at radius 3 is 1.46 bits per heavy atom. The van der Waals surface area contributed by atoms with Crippen molar-refractivity contribution in [2.24, 2.45) is 0 Å². The van der Waals surface area contributed by atoms with E-state index in [-0.39, 0.29) is 11.9 Å². The van der Waals surface area contributed by atoms with Crippen LogP contribution >= 0.6 is 45.3 Å². The number of thiophene rings is 4. The summed E-state index contributed by atoms with van der Waals surface area (Å²) in [5.74, 6) is 0.243. The molecule has 4 heterocycles. The van der Waals surface area contributed by atoms with E-state index in [4.69, 9.17) is 9.47 Å². The van der Waals surface area contributed by atoms with E-state index in [0.29, 0.717) is 21.3 Å². The van der Waals surface area contributed by atoms with Gasteiger partial charge in [-0.05, 0) is 45.8 Å². The Hall–Kier alpha value is -2.52. The van der Waals surface area contributed by atoms with Crippen molar-refractivity contribution in [3.8, 4) is 11.5 Å². The third-order valence-electron chi connectivity index (χ3n) is 4.07. The van der Waals surface area contributed by atoms with Crippen LogP contribution in [0.2, 0.25) is 0 Å². The largest absolute Gasteiger partial charge is 0.420 e. The van der Waals surface area contributed by atoms with Crippen molar-refractivity contribution >= 4 is 77.5 Å². The lowest BCUT2D eigenvalue weighted by Crippen LogP contribution is -2.08. The highest BCUT2D eigenvalue weighted by atomic mass is 32.1. The Morgan fingerprint density at radius 2 is 1.07 bits per heavy atom. The summed E-state index contributed by atoms with van der Waals surface area (Å²) < 4.78 is 13.1. The maximum Gasteiger partial charge on any atom is 0.353 e. The molecule has 0 bridgehead atoms. The molecule has 0 radical (unpaired) electrons. The van der Waals surface area contributed by atoms with Crippen LogP contribution in [-0.4, -0.2) is 11.9 Å². The highest BCUT2D eigenvalue weighted by Gasteiger charge is 2.23. The summed E-state index contributed by atoms with van der Waals surface area (Å²) >= 11 is 5.58. The predicted molar refractivity (Wildman–Crippen MR) is 116 cm³/mol. The zero-order chi connectivity index (χ0) is 19.1. The molecule has 0 aliphatic carbocycles. The minimum atomic E-state index is -0.388. The van der Waals surface area contributed by atoms with Gasteiger partial charge in [0.25, 0.3) is 0 Å². The molecule has 0 N–H and O–H groups in total. The summed E-state index contributed by atoms with van der Waals surface area (Å²) in [4.78, 5) is 26.2. The molecular formula is C20H10O4S4. The topological polar surface area (TPSA) is 52.6 Å². The Balaban J connectivity index is 1.63. The van der Waals surface area contributed by atoms with E-state index in [9.17, 15) is 9.59 Å². The summed E-state index contributed by atoms with van der Waals surface area (Å²) in [5, 5.41) is 9.01. The Bertz CT molecular complexity index is 1140. The minimum Gasteiger partial charge on any atom is -0.420 e. The summed E-state index contributed by atoms with van der Waals surface area (Å²) in [6, 6.07) is 10.9. The number of ether oxygens (including phenoxy) is 2. The van der Waals surface area contributed by atoms with Gasteiger partial charge in [0.2, 0.25) is 0 Å². The summed E-state index contributed by atoms with van der Waals surface area (Å²) in [6.07, 6.45) is 0. The average molecular weight is 443 g/mol. The summed E-state index contributed by atoms with van der Waals surface area (Å²) in [7, 11) is 0. The molecule has 8 heteroatoms. The van der Waals surface area contributed by atoms with Crippen LogP contribution in [0.4, 0.5) is 0 Å². The lowest BCUT2D eigenvalue weighted by atomic mass is 10.1. The lowest BCUT2D eigenvalue weighted by Gasteiger charge is -2.11. The fourth-order valence-electron chi connectivity index (χ4n) is 2.85. The van der Waals surface area contributed by atoms with Crippen molar-refractivity contribution in [1.82, 2.24) is 0 Å². The van der Waals surface area contributed by atoms with Gasteiger partial charge in [-0.3, -0.25) is 0 Å². The van der Waals surface area contributed by atoms with E-state index in [1.54, 1.807) is 12.1 Å². The molecule has 28 heavy (non-hydrogen) atoms. The van der Waals surface area contributed by atoms with Crippen LogP contribution in [0.5, 0.6) is 11.5 Å². The van der Waals surface area contributed by atoms with Crippen molar-refractivity contribution in [2.45, 2.75) is 0 Å². The second-order valence-corrected chi connectivity index (χ2v) is 9.45. The number of carbonyl (C=O) groups excluding carboxylic acids is 2. The Kier molecular flexibility index (Phi) is 4.48. The van der Waals surface area contributed by atoms with Crippen LogP contribution < -0.4 is 9.47 Å². The first-order valence-corrected chi connectivity index (χ1v) is 11.7. The van der Waals surface area contributed by atoms with E-state index in [1.807, 2.05) is 45.8 Å². The Labute approximate surface area is 175 Å². The molecule has 0 saturated carbocycles. The van der Waals surface area contributed by atoms with E-state index >= 15 is 0 Å². The van der Waals surface area contributed by atoms with E-state index in [0.717, 1.165) is 20.2 Å². The fourth-order valence-corrected chi connectivity index (χ4v) is 5.82. The van der Waals surface area contributed by atoms with Gasteiger partial charge >= 0.3 is 11.9 Å². The van der Waals surface area contributed by atoms with Crippen LogP contribution in [-0.2, 0) is 0 Å². The zero-order valence-electron chi connectivity index (χ0n) is 14.0. The molecule has 0 atom stereocenters. The van der Waals surface area contributed by atoms with Crippen molar-refractivity contribution in [1.29, 1.82) is 0 Å². The molecule has 0 fully saturated rings. The number of carbonyl (C=O) groups is 2. The summed E-state index contributed by atoms with van der Waals surface area (Å²) in [6.45, 7) is 0. The lowest BCUT2D eigenvalue weighted by molar-refractivity contribution is 0.0732. The molecule has 0 spiro atoms. The number of hydrogen-bond acceptors (Lipinski definition) is 8. The van der Waals surface area contributed by atoms with E-state index in [1.165, 1.54) is 45.3 Å². The van der Waals surface area contributed by atoms with Gasteiger partial charge in [0.05, 0.1) is 9.40 Å². The molecule has 138 valence electrons. The van der Waals surface area contributed by atoms with Gasteiger partial charge in [0.1, 0.15) is 9.75 Å². The third kappa shape index (κ3) is 2.94. The van der Waals surface area contributed by atoms with Crippen LogP contribution in [0.15, 0.2) is 57.9 Å². The van der Waals surface area contributed by atoms with Crippen LogP contribution in [0, 0.1) is 0 Å². The minimum absolute atomic E-state index is 0.388. The molecule has 4 aromatic heterocycles. The Morgan fingerprint density at radius 1 is 0.607 bits per heavy atom. The maximum atomic E-state index is 12.5. The second kappa shape index (κ2) is 7.14. The van der Waals surface area contributed by atoms with Crippen molar-refractivity contribution in [3.05, 3.63) is 67.7 Å². The first-order chi connectivity index (χ1) is 13.7. The number of esters is 2. The fraction of sp³-hybridized carbons (Fsp3) is 0. The molecular weight excluding hydrogens is 432 g/mol. The molecule has 5 rings (SSSR count). The first-order valence-electron chi connectivity index (χ1n) is 8.14. The van der Waals surface area contributed by atoms with Crippen molar-refractivity contribution < 1.29 is 19.1 Å². The van der Waals surface area contributed by atoms with Crippen LogP contribution in [0.3, 0.4) is 0 Å². The van der Waals surface area contributed by atoms with E-state index in [2.05, 4.69) is 0 Å². The first kappa shape index (κ1) is 17.6. The van der Waals surface area contributed by atoms with Gasteiger partial charge in [0.15, 0.2) is 11.5 Å². The highest BCUT2D eigenvalue weighted by Crippen LogP contribution is 2.47. The predicted octanol–water partition coefficient (Wildman–Crippen LogP) is 6.68. The highest BCUT2D eigenvalue weighted by molar-refractivity contribution is 7.19. The molecule has 5 aromatic rings. The normalized spacial score (nSPS) is 11.1. The molecule has 4 nitrogen and oxygen atoms in total. The molecule has 0 saturated heterocycles. The quantitative estimate of drug-likeness (QED) is 0.230. The summed E-state index contributed by atoms with van der Waals surface area (Å²) in [5.41, 5.74) is 0. The number of rotatable bonds is 4. The second-order valence-electron chi connectivity index (χ2n) is 5.72. The monoisotopic (exact) mass is 442 g/mol. The van der Waals surface area contributed by atoms with Crippen LogP contribution in [0.1, 0.15) is 19.3 Å². The number of benzene rings is 1. The molecule has 0 unspecified atom stereocenters. The van der Waals surface area contributed by atoms with Gasteiger partial charge in [-0.1, -0.05) is 12.1 Å².